The Hall–Kier alpha value is -1.38. The smallest absolute Gasteiger partial charge is 0.356 e. The van der Waals surface area contributed by atoms with Gasteiger partial charge < -0.3 is 4.74 Å². The molecule has 0 aliphatic heterocycles. The van der Waals surface area contributed by atoms with Crippen molar-refractivity contribution in [3.8, 4) is 0 Å². The summed E-state index contributed by atoms with van der Waals surface area (Å²) in [6.45, 7) is 3.77. The van der Waals surface area contributed by atoms with Gasteiger partial charge in [-0.25, -0.2) is 9.78 Å². The van der Waals surface area contributed by atoms with Crippen LogP contribution in [0.4, 0.5) is 0 Å². The van der Waals surface area contributed by atoms with Gasteiger partial charge in [0.2, 0.25) is 0 Å². The first kappa shape index (κ1) is 8.71. The Kier molecular flexibility index (Phi) is 2.43. The quantitative estimate of drug-likeness (QED) is 0.592. The van der Waals surface area contributed by atoms with Crippen LogP contribution in [0, 0.1) is 13.8 Å². The van der Waals surface area contributed by atoms with E-state index in [1.807, 2.05) is 19.9 Å². The number of esters is 1. The Morgan fingerprint density at radius 2 is 2.17 bits per heavy atom. The second-order valence-electron chi connectivity index (χ2n) is 2.67. The Labute approximate surface area is 71.4 Å². The Morgan fingerprint density at radius 3 is 2.67 bits per heavy atom. The van der Waals surface area contributed by atoms with Crippen LogP contribution in [-0.4, -0.2) is 18.1 Å². The minimum Gasteiger partial charge on any atom is -0.464 e. The lowest BCUT2D eigenvalue weighted by molar-refractivity contribution is 0.0593. The number of aromatic nitrogens is 1. The Morgan fingerprint density at radius 1 is 1.50 bits per heavy atom. The number of carbonyl (C=O) groups is 1. The fraction of sp³-hybridized carbons (Fsp3) is 0.333. The van der Waals surface area contributed by atoms with Gasteiger partial charge >= 0.3 is 5.97 Å². The number of pyridine rings is 1. The van der Waals surface area contributed by atoms with Gasteiger partial charge in [0.15, 0.2) is 5.69 Å². The molecule has 0 radical (unpaired) electrons. The molecule has 0 fully saturated rings. The molecule has 0 bridgehead atoms. The van der Waals surface area contributed by atoms with Crippen molar-refractivity contribution in [2.45, 2.75) is 13.8 Å². The van der Waals surface area contributed by atoms with E-state index in [1.54, 1.807) is 6.20 Å². The molecule has 12 heavy (non-hydrogen) atoms. The van der Waals surface area contributed by atoms with E-state index in [0.717, 1.165) is 11.1 Å². The van der Waals surface area contributed by atoms with Crippen LogP contribution in [0.2, 0.25) is 0 Å². The lowest BCUT2D eigenvalue weighted by atomic mass is 10.2. The SMILES string of the molecule is COC(=O)c1ncc(C)cc1C. The van der Waals surface area contributed by atoms with E-state index in [0.29, 0.717) is 5.69 Å². The zero-order valence-electron chi connectivity index (χ0n) is 7.42. The predicted molar refractivity (Wildman–Crippen MR) is 45.1 cm³/mol. The van der Waals surface area contributed by atoms with E-state index in [4.69, 9.17) is 0 Å². The zero-order chi connectivity index (χ0) is 9.14. The monoisotopic (exact) mass is 165 g/mol. The molecule has 0 saturated heterocycles. The molecule has 0 amide bonds. The maximum Gasteiger partial charge on any atom is 0.356 e. The minimum atomic E-state index is -0.382. The van der Waals surface area contributed by atoms with Crippen molar-refractivity contribution >= 4 is 5.97 Å². The summed E-state index contributed by atoms with van der Waals surface area (Å²) in [5.41, 5.74) is 2.28. The van der Waals surface area contributed by atoms with E-state index in [2.05, 4.69) is 9.72 Å². The van der Waals surface area contributed by atoms with Crippen LogP contribution >= 0.6 is 0 Å². The fourth-order valence-electron chi connectivity index (χ4n) is 1.03. The molecular formula is C9H11NO2. The molecule has 0 atom stereocenters. The number of rotatable bonds is 1. The van der Waals surface area contributed by atoms with E-state index >= 15 is 0 Å². The molecule has 0 unspecified atom stereocenters. The number of nitrogens with zero attached hydrogens (tertiary/aromatic N) is 1. The molecule has 0 aromatic carbocycles. The van der Waals surface area contributed by atoms with Gasteiger partial charge in [-0.15, -0.1) is 0 Å². The molecule has 1 aromatic rings. The third kappa shape index (κ3) is 1.61. The van der Waals surface area contributed by atoms with Gasteiger partial charge in [-0.05, 0) is 25.0 Å². The average Bonchev–Trinajstić information content (AvgIpc) is 2.03. The van der Waals surface area contributed by atoms with E-state index in [-0.39, 0.29) is 5.97 Å². The standard InChI is InChI=1S/C9H11NO2/c1-6-4-7(2)8(10-5-6)9(11)12-3/h4-5H,1-3H3. The number of hydrogen-bond donors (Lipinski definition) is 0. The van der Waals surface area contributed by atoms with Crippen molar-refractivity contribution in [1.82, 2.24) is 4.98 Å². The number of carbonyl (C=O) groups excluding carboxylic acids is 1. The van der Waals surface area contributed by atoms with Gasteiger partial charge in [-0.2, -0.15) is 0 Å². The van der Waals surface area contributed by atoms with Crippen molar-refractivity contribution in [3.63, 3.8) is 0 Å². The van der Waals surface area contributed by atoms with Crippen molar-refractivity contribution in [2.24, 2.45) is 0 Å². The van der Waals surface area contributed by atoms with Crippen LogP contribution in [0.15, 0.2) is 12.3 Å². The van der Waals surface area contributed by atoms with Gasteiger partial charge in [-0.1, -0.05) is 6.07 Å². The third-order valence-corrected chi connectivity index (χ3v) is 1.59. The van der Waals surface area contributed by atoms with Crippen LogP contribution in [0.3, 0.4) is 0 Å². The number of aryl methyl sites for hydroxylation is 2. The van der Waals surface area contributed by atoms with Crippen LogP contribution in [-0.2, 0) is 4.74 Å². The average molecular weight is 165 g/mol. The first-order valence-electron chi connectivity index (χ1n) is 3.66. The van der Waals surface area contributed by atoms with Crippen LogP contribution in [0.1, 0.15) is 21.6 Å². The Balaban J connectivity index is 3.09. The lowest BCUT2D eigenvalue weighted by Crippen LogP contribution is -2.06. The molecule has 3 heteroatoms. The molecule has 0 aliphatic rings. The highest BCUT2D eigenvalue weighted by atomic mass is 16.5. The topological polar surface area (TPSA) is 39.2 Å². The summed E-state index contributed by atoms with van der Waals surface area (Å²) >= 11 is 0. The van der Waals surface area contributed by atoms with E-state index in [1.165, 1.54) is 7.11 Å². The highest BCUT2D eigenvalue weighted by Gasteiger charge is 2.09. The van der Waals surface area contributed by atoms with Crippen LogP contribution in [0.25, 0.3) is 0 Å². The molecule has 0 saturated carbocycles. The Bertz CT molecular complexity index is 307. The molecule has 1 rings (SSSR count). The van der Waals surface area contributed by atoms with E-state index in [9.17, 15) is 4.79 Å². The van der Waals surface area contributed by atoms with E-state index < -0.39 is 0 Å². The van der Waals surface area contributed by atoms with Gasteiger partial charge in [0.25, 0.3) is 0 Å². The fourth-order valence-corrected chi connectivity index (χ4v) is 1.03. The molecule has 64 valence electrons. The molecule has 3 nitrogen and oxygen atoms in total. The van der Waals surface area contributed by atoms with Crippen LogP contribution in [0.5, 0.6) is 0 Å². The second kappa shape index (κ2) is 3.34. The molecule has 1 heterocycles. The van der Waals surface area contributed by atoms with Crippen LogP contribution < -0.4 is 0 Å². The molecular weight excluding hydrogens is 154 g/mol. The summed E-state index contributed by atoms with van der Waals surface area (Å²) in [5, 5.41) is 0. The summed E-state index contributed by atoms with van der Waals surface area (Å²) in [6.07, 6.45) is 1.65. The molecule has 0 aliphatic carbocycles. The number of hydrogen-bond acceptors (Lipinski definition) is 3. The molecule has 0 spiro atoms. The molecule has 0 N–H and O–H groups in total. The van der Waals surface area contributed by atoms with Gasteiger partial charge in [0.1, 0.15) is 0 Å². The predicted octanol–water partition coefficient (Wildman–Crippen LogP) is 1.49. The maximum atomic E-state index is 11.1. The van der Waals surface area contributed by atoms with Crippen molar-refractivity contribution in [1.29, 1.82) is 0 Å². The second-order valence-corrected chi connectivity index (χ2v) is 2.67. The lowest BCUT2D eigenvalue weighted by Gasteiger charge is -2.02. The van der Waals surface area contributed by atoms with Crippen molar-refractivity contribution < 1.29 is 9.53 Å². The third-order valence-electron chi connectivity index (χ3n) is 1.59. The first-order chi connectivity index (χ1) is 5.65. The summed E-state index contributed by atoms with van der Waals surface area (Å²) in [7, 11) is 1.35. The van der Waals surface area contributed by atoms with Crippen molar-refractivity contribution in [2.75, 3.05) is 7.11 Å². The summed E-state index contributed by atoms with van der Waals surface area (Å²) in [4.78, 5) is 15.0. The zero-order valence-corrected chi connectivity index (χ0v) is 7.42. The normalized spacial score (nSPS) is 9.58. The highest BCUT2D eigenvalue weighted by Crippen LogP contribution is 2.07. The van der Waals surface area contributed by atoms with Gasteiger partial charge in [0, 0.05) is 6.20 Å². The van der Waals surface area contributed by atoms with Crippen molar-refractivity contribution in [3.05, 3.63) is 29.1 Å². The number of methoxy groups -OCH3 is 1. The number of ether oxygens (including phenoxy) is 1. The van der Waals surface area contributed by atoms with Gasteiger partial charge in [-0.3, -0.25) is 0 Å². The summed E-state index contributed by atoms with van der Waals surface area (Å²) < 4.78 is 4.56. The largest absolute Gasteiger partial charge is 0.464 e. The molecule has 1 aromatic heterocycles. The summed E-state index contributed by atoms with van der Waals surface area (Å²) in [5.74, 6) is -0.382. The summed E-state index contributed by atoms with van der Waals surface area (Å²) in [6, 6.07) is 1.90. The van der Waals surface area contributed by atoms with Gasteiger partial charge in [0.05, 0.1) is 7.11 Å². The maximum absolute atomic E-state index is 11.1. The highest BCUT2D eigenvalue weighted by molar-refractivity contribution is 5.88. The first-order valence-corrected chi connectivity index (χ1v) is 3.66. The minimum absolute atomic E-state index is 0.382.